The first-order chi connectivity index (χ1) is 17.5. The van der Waals surface area contributed by atoms with Crippen molar-refractivity contribution in [3.05, 3.63) is 64.1 Å². The summed E-state index contributed by atoms with van der Waals surface area (Å²) in [5, 5.41) is 3.42. The Hall–Kier alpha value is -2.93. The third-order valence-corrected chi connectivity index (χ3v) is 8.66. The number of thioether (sulfide) groups is 1. The molecule has 190 valence electrons. The number of ether oxygens (including phenoxy) is 2. The lowest BCUT2D eigenvalue weighted by molar-refractivity contribution is -0.135. The maximum atomic E-state index is 13.6. The van der Waals surface area contributed by atoms with Crippen molar-refractivity contribution >= 4 is 29.7 Å². The number of nitrogens with zero attached hydrogens (tertiary/aromatic N) is 1. The van der Waals surface area contributed by atoms with Crippen molar-refractivity contribution in [3.8, 4) is 11.5 Å². The third kappa shape index (κ3) is 5.41. The Morgan fingerprint density at radius 3 is 2.64 bits per heavy atom. The summed E-state index contributed by atoms with van der Waals surface area (Å²) in [5.41, 5.74) is 3.24. The number of hydrogen-bond acceptors (Lipinski definition) is 5. The second kappa shape index (κ2) is 11.0. The summed E-state index contributed by atoms with van der Waals surface area (Å²) in [4.78, 5) is 29.3. The highest BCUT2D eigenvalue weighted by atomic mass is 32.2. The minimum Gasteiger partial charge on any atom is -0.486 e. The van der Waals surface area contributed by atoms with Gasteiger partial charge in [-0.1, -0.05) is 50.1 Å². The Morgan fingerprint density at radius 2 is 1.86 bits per heavy atom. The summed E-state index contributed by atoms with van der Waals surface area (Å²) in [5.74, 6) is 1.25. The Balaban J connectivity index is 1.30. The maximum absolute atomic E-state index is 13.6. The molecule has 1 N–H and O–H groups in total. The summed E-state index contributed by atoms with van der Waals surface area (Å²) in [6.45, 7) is 5.22. The molecule has 2 aliphatic heterocycles. The largest absolute Gasteiger partial charge is 0.486 e. The molecule has 2 aromatic carbocycles. The molecular formula is C29H34N2O4S. The van der Waals surface area contributed by atoms with E-state index in [9.17, 15) is 9.59 Å². The first-order valence-corrected chi connectivity index (χ1v) is 13.9. The van der Waals surface area contributed by atoms with Crippen LogP contribution in [0.25, 0.3) is 6.08 Å². The van der Waals surface area contributed by atoms with Crippen LogP contribution < -0.4 is 14.8 Å². The molecule has 36 heavy (non-hydrogen) atoms. The van der Waals surface area contributed by atoms with E-state index >= 15 is 0 Å². The first-order valence-electron chi connectivity index (χ1n) is 13.0. The monoisotopic (exact) mass is 506 g/mol. The van der Waals surface area contributed by atoms with Crippen LogP contribution in [0.4, 0.5) is 0 Å². The van der Waals surface area contributed by atoms with Gasteiger partial charge in [-0.3, -0.25) is 9.59 Å². The summed E-state index contributed by atoms with van der Waals surface area (Å²) in [6, 6.07) is 14.0. The van der Waals surface area contributed by atoms with E-state index in [-0.39, 0.29) is 30.4 Å². The normalized spacial score (nSPS) is 23.2. The van der Waals surface area contributed by atoms with Gasteiger partial charge in [0.15, 0.2) is 11.5 Å². The third-order valence-electron chi connectivity index (χ3n) is 7.26. The van der Waals surface area contributed by atoms with E-state index < -0.39 is 0 Å². The molecule has 3 atom stereocenters. The second-order valence-corrected chi connectivity index (χ2v) is 11.0. The van der Waals surface area contributed by atoms with Gasteiger partial charge in [0.05, 0.1) is 10.9 Å². The SMILES string of the molecule is CCc1ccc(/C=C2\SC3CCCCC3N(CC(=O)NC(C)c3ccc4c(c3)OCCO4)C2=O)cc1. The van der Waals surface area contributed by atoms with Crippen molar-refractivity contribution in [3.63, 3.8) is 0 Å². The summed E-state index contributed by atoms with van der Waals surface area (Å²) >= 11 is 1.70. The number of nitrogens with one attached hydrogen (secondary N) is 1. The smallest absolute Gasteiger partial charge is 0.261 e. The lowest BCUT2D eigenvalue weighted by Gasteiger charge is -2.44. The van der Waals surface area contributed by atoms with Crippen LogP contribution in [-0.4, -0.2) is 47.8 Å². The molecule has 6 nitrogen and oxygen atoms in total. The summed E-state index contributed by atoms with van der Waals surface area (Å²) in [7, 11) is 0. The van der Waals surface area contributed by atoms with Gasteiger partial charge in [-0.05, 0) is 61.1 Å². The summed E-state index contributed by atoms with van der Waals surface area (Å²) in [6.07, 6.45) is 7.26. The number of hydrogen-bond donors (Lipinski definition) is 1. The zero-order chi connectivity index (χ0) is 25.1. The fourth-order valence-corrected chi connectivity index (χ4v) is 6.69. The van der Waals surface area contributed by atoms with Gasteiger partial charge >= 0.3 is 0 Å². The molecule has 3 unspecified atom stereocenters. The zero-order valence-corrected chi connectivity index (χ0v) is 21.8. The van der Waals surface area contributed by atoms with Gasteiger partial charge in [0.1, 0.15) is 19.8 Å². The Bertz CT molecular complexity index is 1150. The van der Waals surface area contributed by atoms with E-state index in [1.807, 2.05) is 36.1 Å². The van der Waals surface area contributed by atoms with Crippen LogP contribution in [0.5, 0.6) is 11.5 Å². The number of benzene rings is 2. The minimum atomic E-state index is -0.211. The fourth-order valence-electron chi connectivity index (χ4n) is 5.22. The van der Waals surface area contributed by atoms with Crippen molar-refractivity contribution < 1.29 is 19.1 Å². The van der Waals surface area contributed by atoms with Crippen molar-refractivity contribution in [1.29, 1.82) is 0 Å². The number of carbonyl (C=O) groups excluding carboxylic acids is 2. The topological polar surface area (TPSA) is 67.9 Å². The van der Waals surface area contributed by atoms with Crippen molar-refractivity contribution in [2.75, 3.05) is 19.8 Å². The Morgan fingerprint density at radius 1 is 1.11 bits per heavy atom. The van der Waals surface area contributed by atoms with Gasteiger partial charge in [-0.2, -0.15) is 0 Å². The highest BCUT2D eigenvalue weighted by Crippen LogP contribution is 2.42. The molecule has 2 amide bonds. The molecule has 0 aromatic heterocycles. The summed E-state index contributed by atoms with van der Waals surface area (Å²) < 4.78 is 11.3. The molecule has 2 aromatic rings. The van der Waals surface area contributed by atoms with Crippen LogP contribution in [0.3, 0.4) is 0 Å². The number of carbonyl (C=O) groups is 2. The molecule has 2 fully saturated rings. The first kappa shape index (κ1) is 24.8. The second-order valence-electron chi connectivity index (χ2n) is 9.74. The van der Waals surface area contributed by atoms with Gasteiger partial charge in [0.2, 0.25) is 5.91 Å². The van der Waals surface area contributed by atoms with Crippen LogP contribution in [0, 0.1) is 0 Å². The molecular weight excluding hydrogens is 472 g/mol. The van der Waals surface area contributed by atoms with Crippen molar-refractivity contribution in [2.45, 2.75) is 63.3 Å². The molecule has 0 radical (unpaired) electrons. The Kier molecular flexibility index (Phi) is 7.56. The molecule has 1 saturated heterocycles. The van der Waals surface area contributed by atoms with E-state index in [0.717, 1.165) is 47.5 Å². The highest BCUT2D eigenvalue weighted by molar-refractivity contribution is 8.04. The molecule has 3 aliphatic rings. The van der Waals surface area contributed by atoms with Crippen LogP contribution in [0.2, 0.25) is 0 Å². The molecule has 2 heterocycles. The molecule has 7 heteroatoms. The minimum absolute atomic E-state index is 0.0372. The lowest BCUT2D eigenvalue weighted by Crippen LogP contribution is -2.54. The van der Waals surface area contributed by atoms with Gasteiger partial charge < -0.3 is 19.7 Å². The Labute approximate surface area is 217 Å². The van der Waals surface area contributed by atoms with Crippen molar-refractivity contribution in [2.24, 2.45) is 0 Å². The highest BCUT2D eigenvalue weighted by Gasteiger charge is 2.41. The van der Waals surface area contributed by atoms with Crippen LogP contribution in [0.1, 0.15) is 62.3 Å². The van der Waals surface area contributed by atoms with Gasteiger partial charge in [0, 0.05) is 11.3 Å². The molecule has 1 saturated carbocycles. The number of fused-ring (bicyclic) bond motifs is 2. The molecule has 5 rings (SSSR count). The van der Waals surface area contributed by atoms with Gasteiger partial charge in [-0.25, -0.2) is 0 Å². The van der Waals surface area contributed by atoms with Crippen molar-refractivity contribution in [1.82, 2.24) is 10.2 Å². The van der Waals surface area contributed by atoms with Crippen LogP contribution in [0.15, 0.2) is 47.4 Å². The fraction of sp³-hybridized carbons (Fsp3) is 0.448. The molecule has 0 spiro atoms. The van der Waals surface area contributed by atoms with Gasteiger partial charge in [-0.15, -0.1) is 11.8 Å². The van der Waals surface area contributed by atoms with E-state index in [0.29, 0.717) is 24.2 Å². The van der Waals surface area contributed by atoms with Gasteiger partial charge in [0.25, 0.3) is 5.91 Å². The molecule has 0 bridgehead atoms. The number of aryl methyl sites for hydroxylation is 1. The standard InChI is InChI=1S/C29H34N2O4S/c1-3-20-8-10-21(11-9-20)16-27-29(33)31(23-6-4-5-7-26(23)36-27)18-28(32)30-19(2)22-12-13-24-25(17-22)35-15-14-34-24/h8-13,16-17,19,23,26H,3-7,14-15,18H2,1-2H3,(H,30,32)/b27-16-. The van der Waals surface area contributed by atoms with E-state index in [1.54, 1.807) is 11.8 Å². The number of rotatable bonds is 6. The molecule has 1 aliphatic carbocycles. The predicted octanol–water partition coefficient (Wildman–Crippen LogP) is 5.13. The number of amides is 2. The van der Waals surface area contributed by atoms with E-state index in [1.165, 1.54) is 12.0 Å². The maximum Gasteiger partial charge on any atom is 0.261 e. The van der Waals surface area contributed by atoms with E-state index in [2.05, 4.69) is 36.5 Å². The van der Waals surface area contributed by atoms with Crippen LogP contribution in [-0.2, 0) is 16.0 Å². The lowest BCUT2D eigenvalue weighted by atomic mass is 9.93. The zero-order valence-electron chi connectivity index (χ0n) is 21.0. The predicted molar refractivity (Wildman–Crippen MR) is 143 cm³/mol. The van der Waals surface area contributed by atoms with E-state index in [4.69, 9.17) is 9.47 Å². The van der Waals surface area contributed by atoms with Crippen LogP contribution >= 0.6 is 11.8 Å². The quantitative estimate of drug-likeness (QED) is 0.551. The average molecular weight is 507 g/mol. The average Bonchev–Trinajstić information content (AvgIpc) is 2.91.